The molecule has 0 aliphatic carbocycles. The van der Waals surface area contributed by atoms with Gasteiger partial charge in [-0.15, -0.1) is 0 Å². The molecule has 0 bridgehead atoms. The SMILES string of the molecule is CC1(c2ccccc2)CCCN(C(=O)NCc2ccc(-c3cccc4cnccc34)cc2)C1. The molecular formula is C29H29N3O. The van der Waals surface area contributed by atoms with E-state index in [0.29, 0.717) is 6.54 Å². The molecule has 1 aliphatic rings. The Morgan fingerprint density at radius 2 is 1.82 bits per heavy atom. The van der Waals surface area contributed by atoms with Crippen LogP contribution in [0, 0.1) is 0 Å². The predicted octanol–water partition coefficient (Wildman–Crippen LogP) is 6.17. The van der Waals surface area contributed by atoms with Gasteiger partial charge in [0.1, 0.15) is 0 Å². The Balaban J connectivity index is 1.24. The van der Waals surface area contributed by atoms with Gasteiger partial charge in [-0.2, -0.15) is 0 Å². The van der Waals surface area contributed by atoms with Gasteiger partial charge in [0.25, 0.3) is 0 Å². The molecule has 1 fully saturated rings. The van der Waals surface area contributed by atoms with E-state index in [0.717, 1.165) is 42.4 Å². The van der Waals surface area contributed by atoms with Crippen LogP contribution in [0.2, 0.25) is 0 Å². The monoisotopic (exact) mass is 435 g/mol. The van der Waals surface area contributed by atoms with Gasteiger partial charge in [0, 0.05) is 42.8 Å². The van der Waals surface area contributed by atoms with Crippen LogP contribution in [0.3, 0.4) is 0 Å². The number of nitrogens with one attached hydrogen (secondary N) is 1. The molecule has 166 valence electrons. The van der Waals surface area contributed by atoms with Gasteiger partial charge < -0.3 is 10.2 Å². The molecule has 4 nitrogen and oxygen atoms in total. The third-order valence-corrected chi connectivity index (χ3v) is 6.84. The number of pyridine rings is 1. The largest absolute Gasteiger partial charge is 0.334 e. The second-order valence-electron chi connectivity index (χ2n) is 9.21. The fraction of sp³-hybridized carbons (Fsp3) is 0.241. The predicted molar refractivity (Wildman–Crippen MR) is 134 cm³/mol. The van der Waals surface area contributed by atoms with Crippen LogP contribution >= 0.6 is 0 Å². The summed E-state index contributed by atoms with van der Waals surface area (Å²) in [6.45, 7) is 4.35. The smallest absolute Gasteiger partial charge is 0.317 e. The second kappa shape index (κ2) is 9.07. The van der Waals surface area contributed by atoms with E-state index in [1.54, 1.807) is 0 Å². The number of rotatable bonds is 4. The molecule has 33 heavy (non-hydrogen) atoms. The lowest BCUT2D eigenvalue weighted by atomic mass is 9.76. The summed E-state index contributed by atoms with van der Waals surface area (Å²) in [6, 6.07) is 27.4. The molecule has 1 atom stereocenters. The summed E-state index contributed by atoms with van der Waals surface area (Å²) in [5.74, 6) is 0. The first-order chi connectivity index (χ1) is 16.1. The Morgan fingerprint density at radius 3 is 2.64 bits per heavy atom. The summed E-state index contributed by atoms with van der Waals surface area (Å²) < 4.78 is 0. The lowest BCUT2D eigenvalue weighted by Crippen LogP contribution is -2.50. The number of carbonyl (C=O) groups is 1. The third kappa shape index (κ3) is 4.47. The minimum Gasteiger partial charge on any atom is -0.334 e. The van der Waals surface area contributed by atoms with Crippen molar-refractivity contribution in [3.05, 3.63) is 102 Å². The standard InChI is InChI=1S/C29H29N3O/c1-29(25-8-3-2-4-9-25)16-6-18-32(21-29)28(33)31-19-22-11-13-23(14-12-22)26-10-5-7-24-20-30-17-15-27(24)26/h2-5,7-15,17,20H,6,16,18-19,21H2,1H3,(H,31,33). The van der Waals surface area contributed by atoms with Crippen molar-refractivity contribution in [2.75, 3.05) is 13.1 Å². The molecule has 0 saturated carbocycles. The van der Waals surface area contributed by atoms with Crippen molar-refractivity contribution < 1.29 is 4.79 Å². The Bertz CT molecular complexity index is 1250. The summed E-state index contributed by atoms with van der Waals surface area (Å²) in [5, 5.41) is 5.45. The highest BCUT2D eigenvalue weighted by molar-refractivity contribution is 5.96. The lowest BCUT2D eigenvalue weighted by Gasteiger charge is -2.41. The van der Waals surface area contributed by atoms with Crippen molar-refractivity contribution in [3.63, 3.8) is 0 Å². The van der Waals surface area contributed by atoms with Crippen molar-refractivity contribution in [1.82, 2.24) is 15.2 Å². The van der Waals surface area contributed by atoms with Gasteiger partial charge in [-0.05, 0) is 46.5 Å². The average molecular weight is 436 g/mol. The maximum absolute atomic E-state index is 12.9. The molecule has 1 saturated heterocycles. The molecule has 4 heteroatoms. The number of nitrogens with zero attached hydrogens (tertiary/aromatic N) is 2. The van der Waals surface area contributed by atoms with E-state index >= 15 is 0 Å². The van der Waals surface area contributed by atoms with Crippen molar-refractivity contribution in [3.8, 4) is 11.1 Å². The highest BCUT2D eigenvalue weighted by Crippen LogP contribution is 2.33. The molecule has 1 aromatic heterocycles. The minimum absolute atomic E-state index is 0.00642. The number of amides is 2. The maximum atomic E-state index is 12.9. The van der Waals surface area contributed by atoms with Gasteiger partial charge in [-0.25, -0.2) is 4.79 Å². The lowest BCUT2D eigenvalue weighted by molar-refractivity contribution is 0.155. The van der Waals surface area contributed by atoms with Crippen molar-refractivity contribution in [2.24, 2.45) is 0 Å². The Hall–Kier alpha value is -3.66. The zero-order valence-electron chi connectivity index (χ0n) is 19.0. The molecular weight excluding hydrogens is 406 g/mol. The van der Waals surface area contributed by atoms with Gasteiger partial charge >= 0.3 is 6.03 Å². The molecule has 0 radical (unpaired) electrons. The van der Waals surface area contributed by atoms with Crippen LogP contribution in [-0.4, -0.2) is 29.0 Å². The zero-order chi connectivity index (χ0) is 22.7. The molecule has 1 aliphatic heterocycles. The van der Waals surface area contributed by atoms with Gasteiger partial charge in [-0.3, -0.25) is 4.98 Å². The summed E-state index contributed by atoms with van der Waals surface area (Å²) >= 11 is 0. The third-order valence-electron chi connectivity index (χ3n) is 6.84. The summed E-state index contributed by atoms with van der Waals surface area (Å²) in [5.41, 5.74) is 4.77. The van der Waals surface area contributed by atoms with E-state index in [-0.39, 0.29) is 11.4 Å². The number of likely N-dealkylation sites (tertiary alicyclic amines) is 1. The van der Waals surface area contributed by atoms with E-state index in [4.69, 9.17) is 0 Å². The summed E-state index contributed by atoms with van der Waals surface area (Å²) in [4.78, 5) is 19.1. The second-order valence-corrected chi connectivity index (χ2v) is 9.21. The number of hydrogen-bond donors (Lipinski definition) is 1. The highest BCUT2D eigenvalue weighted by atomic mass is 16.2. The molecule has 3 aromatic carbocycles. The molecule has 1 unspecified atom stereocenters. The molecule has 1 N–H and O–H groups in total. The fourth-order valence-corrected chi connectivity index (χ4v) is 4.95. The van der Waals surface area contributed by atoms with Gasteiger partial charge in [0.15, 0.2) is 0 Å². The Labute approximate surface area is 195 Å². The fourth-order valence-electron chi connectivity index (χ4n) is 4.95. The average Bonchev–Trinajstić information content (AvgIpc) is 2.88. The molecule has 2 amide bonds. The Morgan fingerprint density at radius 1 is 1.00 bits per heavy atom. The maximum Gasteiger partial charge on any atom is 0.317 e. The number of hydrogen-bond acceptors (Lipinski definition) is 2. The van der Waals surface area contributed by atoms with Crippen LogP contribution in [0.1, 0.15) is 30.9 Å². The number of aromatic nitrogens is 1. The Kier molecular flexibility index (Phi) is 5.82. The van der Waals surface area contributed by atoms with Crippen LogP contribution in [0.5, 0.6) is 0 Å². The summed E-state index contributed by atoms with van der Waals surface area (Å²) in [7, 11) is 0. The highest BCUT2D eigenvalue weighted by Gasteiger charge is 2.34. The minimum atomic E-state index is 0.00642. The van der Waals surface area contributed by atoms with Gasteiger partial charge in [0.05, 0.1) is 0 Å². The topological polar surface area (TPSA) is 45.2 Å². The molecule has 5 rings (SSSR count). The van der Waals surface area contributed by atoms with Crippen LogP contribution in [0.25, 0.3) is 21.9 Å². The normalized spacial score (nSPS) is 18.3. The number of urea groups is 1. The van der Waals surface area contributed by atoms with Crippen LogP contribution in [0.4, 0.5) is 4.79 Å². The van der Waals surface area contributed by atoms with E-state index in [9.17, 15) is 4.79 Å². The number of piperidine rings is 1. The van der Waals surface area contributed by atoms with Crippen molar-refractivity contribution in [2.45, 2.75) is 31.7 Å². The number of benzene rings is 3. The summed E-state index contributed by atoms with van der Waals surface area (Å²) in [6.07, 6.45) is 5.85. The van der Waals surface area contributed by atoms with Crippen LogP contribution in [0.15, 0.2) is 91.3 Å². The number of carbonyl (C=O) groups excluding carboxylic acids is 1. The van der Waals surface area contributed by atoms with Gasteiger partial charge in [0.2, 0.25) is 0 Å². The quantitative estimate of drug-likeness (QED) is 0.417. The van der Waals surface area contributed by atoms with E-state index < -0.39 is 0 Å². The molecule has 0 spiro atoms. The van der Waals surface area contributed by atoms with Gasteiger partial charge in [-0.1, -0.05) is 79.7 Å². The van der Waals surface area contributed by atoms with E-state index in [1.807, 2.05) is 23.4 Å². The molecule has 4 aromatic rings. The molecule has 2 heterocycles. The van der Waals surface area contributed by atoms with E-state index in [2.05, 4.69) is 90.0 Å². The number of fused-ring (bicyclic) bond motifs is 1. The van der Waals surface area contributed by atoms with Crippen molar-refractivity contribution in [1.29, 1.82) is 0 Å². The van der Waals surface area contributed by atoms with Crippen LogP contribution < -0.4 is 5.32 Å². The first-order valence-corrected chi connectivity index (χ1v) is 11.6. The zero-order valence-corrected chi connectivity index (χ0v) is 19.0. The van der Waals surface area contributed by atoms with Crippen molar-refractivity contribution >= 4 is 16.8 Å². The first-order valence-electron chi connectivity index (χ1n) is 11.6. The van der Waals surface area contributed by atoms with E-state index in [1.165, 1.54) is 16.5 Å². The first kappa shape index (κ1) is 21.2. The van der Waals surface area contributed by atoms with Crippen LogP contribution in [-0.2, 0) is 12.0 Å².